The van der Waals surface area contributed by atoms with Crippen molar-refractivity contribution in [3.8, 4) is 0 Å². The summed E-state index contributed by atoms with van der Waals surface area (Å²) in [6.07, 6.45) is 0.954. The fraction of sp³-hybridized carbons (Fsp3) is 0.375. The lowest BCUT2D eigenvalue weighted by atomic mass is 10.1. The summed E-state index contributed by atoms with van der Waals surface area (Å²) in [5.41, 5.74) is 6.44. The van der Waals surface area contributed by atoms with Crippen molar-refractivity contribution in [2.24, 2.45) is 5.73 Å². The molecule has 1 aromatic rings. The second-order valence-electron chi connectivity index (χ2n) is 2.88. The van der Waals surface area contributed by atoms with E-state index in [1.165, 1.54) is 10.4 Å². The van der Waals surface area contributed by atoms with Crippen LogP contribution in [0.5, 0.6) is 0 Å². The van der Waals surface area contributed by atoms with Gasteiger partial charge < -0.3 is 10.6 Å². The first-order chi connectivity index (χ1) is 5.77. The monoisotopic (exact) mass is 182 g/mol. The Morgan fingerprint density at radius 3 is 3.25 bits per heavy atom. The van der Waals surface area contributed by atoms with Gasteiger partial charge in [0.25, 0.3) is 0 Å². The minimum atomic E-state index is -0.313. The normalized spacial score (nSPS) is 15.8. The van der Waals surface area contributed by atoms with Crippen LogP contribution in [-0.2, 0) is 13.0 Å². The molecule has 2 amide bonds. The Morgan fingerprint density at radius 2 is 2.50 bits per heavy atom. The first kappa shape index (κ1) is 7.61. The van der Waals surface area contributed by atoms with Crippen LogP contribution >= 0.6 is 11.3 Å². The summed E-state index contributed by atoms with van der Waals surface area (Å²) in [4.78, 5) is 13.9. The van der Waals surface area contributed by atoms with E-state index in [9.17, 15) is 4.79 Å². The predicted octanol–water partition coefficient (Wildman–Crippen LogP) is 1.18. The van der Waals surface area contributed by atoms with Gasteiger partial charge in [0.15, 0.2) is 0 Å². The standard InChI is InChI=1S/C8H10N2OS/c9-8(11)10-3-1-7-6(5-10)2-4-12-7/h2,4H,1,3,5H2,(H2,9,11). The molecule has 12 heavy (non-hydrogen) atoms. The molecule has 3 nitrogen and oxygen atoms in total. The van der Waals surface area contributed by atoms with Gasteiger partial charge in [0.1, 0.15) is 0 Å². The minimum absolute atomic E-state index is 0.313. The van der Waals surface area contributed by atoms with Crippen molar-refractivity contribution in [2.75, 3.05) is 6.54 Å². The van der Waals surface area contributed by atoms with Crippen LogP contribution in [0.4, 0.5) is 4.79 Å². The van der Waals surface area contributed by atoms with Gasteiger partial charge in [0.05, 0.1) is 0 Å². The first-order valence-corrected chi connectivity index (χ1v) is 4.75. The van der Waals surface area contributed by atoms with E-state index < -0.39 is 0 Å². The molecule has 2 N–H and O–H groups in total. The third-order valence-corrected chi connectivity index (χ3v) is 3.14. The number of urea groups is 1. The Morgan fingerprint density at radius 1 is 1.67 bits per heavy atom. The van der Waals surface area contributed by atoms with Crippen molar-refractivity contribution in [3.05, 3.63) is 21.9 Å². The van der Waals surface area contributed by atoms with E-state index in [1.807, 2.05) is 0 Å². The summed E-state index contributed by atoms with van der Waals surface area (Å²) >= 11 is 1.76. The van der Waals surface area contributed by atoms with Crippen LogP contribution in [0.2, 0.25) is 0 Å². The van der Waals surface area contributed by atoms with Crippen LogP contribution in [0, 0.1) is 0 Å². The van der Waals surface area contributed by atoms with Gasteiger partial charge in [-0.3, -0.25) is 0 Å². The summed E-state index contributed by atoms with van der Waals surface area (Å²) in [5.74, 6) is 0. The van der Waals surface area contributed by atoms with Crippen molar-refractivity contribution in [3.63, 3.8) is 0 Å². The molecule has 1 aliphatic rings. The van der Waals surface area contributed by atoms with Crippen LogP contribution < -0.4 is 5.73 Å². The molecule has 0 saturated carbocycles. The molecule has 64 valence electrons. The first-order valence-electron chi connectivity index (χ1n) is 3.87. The second kappa shape index (κ2) is 2.79. The van der Waals surface area contributed by atoms with E-state index >= 15 is 0 Å². The lowest BCUT2D eigenvalue weighted by Gasteiger charge is -2.24. The molecule has 0 atom stereocenters. The van der Waals surface area contributed by atoms with Gasteiger partial charge in [-0.15, -0.1) is 11.3 Å². The van der Waals surface area contributed by atoms with Crippen LogP contribution in [0.25, 0.3) is 0 Å². The van der Waals surface area contributed by atoms with E-state index in [-0.39, 0.29) is 6.03 Å². The van der Waals surface area contributed by atoms with Crippen molar-refractivity contribution in [2.45, 2.75) is 13.0 Å². The summed E-state index contributed by atoms with van der Waals surface area (Å²) in [6.45, 7) is 1.46. The summed E-state index contributed by atoms with van der Waals surface area (Å²) < 4.78 is 0. The fourth-order valence-electron chi connectivity index (χ4n) is 1.44. The molecule has 0 aromatic carbocycles. The maximum absolute atomic E-state index is 10.8. The molecule has 1 aliphatic heterocycles. The number of fused-ring (bicyclic) bond motifs is 1. The van der Waals surface area contributed by atoms with Crippen LogP contribution in [0.3, 0.4) is 0 Å². The van der Waals surface area contributed by atoms with Crippen molar-refractivity contribution >= 4 is 17.4 Å². The Balaban J connectivity index is 2.20. The molecule has 2 heterocycles. The molecule has 0 saturated heterocycles. The topological polar surface area (TPSA) is 46.3 Å². The van der Waals surface area contributed by atoms with E-state index in [4.69, 9.17) is 5.73 Å². The van der Waals surface area contributed by atoms with Gasteiger partial charge in [0, 0.05) is 18.0 Å². The zero-order chi connectivity index (χ0) is 8.55. The number of rotatable bonds is 0. The number of primary amides is 1. The second-order valence-corrected chi connectivity index (χ2v) is 3.88. The van der Waals surface area contributed by atoms with Crippen molar-refractivity contribution in [1.82, 2.24) is 4.90 Å². The Labute approximate surface area is 74.8 Å². The molecule has 4 heteroatoms. The van der Waals surface area contributed by atoms with E-state index in [2.05, 4.69) is 11.4 Å². The van der Waals surface area contributed by atoms with Gasteiger partial charge >= 0.3 is 6.03 Å². The number of amides is 2. The molecule has 2 rings (SSSR count). The molecule has 0 spiro atoms. The highest BCUT2D eigenvalue weighted by atomic mass is 32.1. The van der Waals surface area contributed by atoms with E-state index in [0.717, 1.165) is 13.0 Å². The molecule has 1 aromatic heterocycles. The number of hydrogen-bond acceptors (Lipinski definition) is 2. The van der Waals surface area contributed by atoms with Crippen molar-refractivity contribution < 1.29 is 4.79 Å². The predicted molar refractivity (Wildman–Crippen MR) is 48.0 cm³/mol. The summed E-state index contributed by atoms with van der Waals surface area (Å²) in [6, 6.07) is 1.75. The Kier molecular flexibility index (Phi) is 1.77. The number of thiophene rings is 1. The highest BCUT2D eigenvalue weighted by molar-refractivity contribution is 7.10. The zero-order valence-corrected chi connectivity index (χ0v) is 7.43. The van der Waals surface area contributed by atoms with Crippen LogP contribution in [0.15, 0.2) is 11.4 Å². The summed E-state index contributed by atoms with van der Waals surface area (Å²) in [5, 5.41) is 2.06. The number of hydrogen-bond donors (Lipinski definition) is 1. The molecule has 0 unspecified atom stereocenters. The number of nitrogens with two attached hydrogens (primary N) is 1. The van der Waals surface area contributed by atoms with Crippen molar-refractivity contribution in [1.29, 1.82) is 0 Å². The van der Waals surface area contributed by atoms with Gasteiger partial charge in [0.2, 0.25) is 0 Å². The maximum atomic E-state index is 10.8. The highest BCUT2D eigenvalue weighted by Gasteiger charge is 2.18. The number of carbonyl (C=O) groups is 1. The van der Waals surface area contributed by atoms with Gasteiger partial charge in [-0.05, 0) is 23.4 Å². The molecule has 0 fully saturated rings. The fourth-order valence-corrected chi connectivity index (χ4v) is 2.33. The molecular weight excluding hydrogens is 172 g/mol. The lowest BCUT2D eigenvalue weighted by Crippen LogP contribution is -2.38. The average molecular weight is 182 g/mol. The third-order valence-electron chi connectivity index (χ3n) is 2.12. The number of nitrogens with zero attached hydrogens (tertiary/aromatic N) is 1. The minimum Gasteiger partial charge on any atom is -0.351 e. The quantitative estimate of drug-likeness (QED) is 0.643. The Bertz CT molecular complexity index is 308. The highest BCUT2D eigenvalue weighted by Crippen LogP contribution is 2.23. The van der Waals surface area contributed by atoms with Gasteiger partial charge in [-0.1, -0.05) is 0 Å². The zero-order valence-electron chi connectivity index (χ0n) is 6.62. The largest absolute Gasteiger partial charge is 0.351 e. The molecule has 0 radical (unpaired) electrons. The number of carbonyl (C=O) groups excluding carboxylic acids is 1. The third kappa shape index (κ3) is 1.18. The maximum Gasteiger partial charge on any atom is 0.315 e. The summed E-state index contributed by atoms with van der Waals surface area (Å²) in [7, 11) is 0. The van der Waals surface area contributed by atoms with Gasteiger partial charge in [-0.2, -0.15) is 0 Å². The van der Waals surface area contributed by atoms with E-state index in [1.54, 1.807) is 16.2 Å². The molecule has 0 bridgehead atoms. The van der Waals surface area contributed by atoms with Crippen LogP contribution in [-0.4, -0.2) is 17.5 Å². The molecular formula is C8H10N2OS. The SMILES string of the molecule is NC(=O)N1CCc2sccc2C1. The van der Waals surface area contributed by atoms with Crippen LogP contribution in [0.1, 0.15) is 10.4 Å². The van der Waals surface area contributed by atoms with E-state index in [0.29, 0.717) is 6.54 Å². The average Bonchev–Trinajstić information content (AvgIpc) is 2.49. The smallest absolute Gasteiger partial charge is 0.315 e. The molecule has 0 aliphatic carbocycles. The Hall–Kier alpha value is -1.03. The lowest BCUT2D eigenvalue weighted by molar-refractivity contribution is 0.202. The van der Waals surface area contributed by atoms with Gasteiger partial charge in [-0.25, -0.2) is 4.79 Å².